The Bertz CT molecular complexity index is 1570. The third kappa shape index (κ3) is 8.16. The SMILES string of the molecule is COc1cc(S(=O)NCCO)ccc1NCC#Cc1cc2c(NC3CCS(=O)(=O)CC3)cccc2n1CC(F)(F)F. The highest BCUT2D eigenvalue weighted by Gasteiger charge is 2.30. The molecule has 3 aromatic rings. The summed E-state index contributed by atoms with van der Waals surface area (Å²) in [6, 6.07) is 11.4. The standard InChI is InChI=1S/C27H31F3N4O5S2/c1-39-26-17-21(40(36)32-12-13-35)7-8-24(26)31-11-3-4-20-16-22-23(33-19-9-14-41(37,38)15-10-19)5-2-6-25(22)34(20)18-27(28,29)30/h2,5-8,16-17,19,31-33,35H,9-15,18H2,1H3. The van der Waals surface area contributed by atoms with E-state index in [1.165, 1.54) is 7.11 Å². The van der Waals surface area contributed by atoms with Crippen LogP contribution in [0.4, 0.5) is 24.5 Å². The van der Waals surface area contributed by atoms with Crippen molar-refractivity contribution in [2.75, 3.05) is 48.9 Å². The number of anilines is 2. The van der Waals surface area contributed by atoms with Gasteiger partial charge < -0.3 is 25.0 Å². The molecular weight excluding hydrogens is 581 g/mol. The number of aliphatic hydroxyl groups excluding tert-OH is 1. The summed E-state index contributed by atoms with van der Waals surface area (Å²) in [6.07, 6.45) is -3.61. The molecule has 1 aromatic heterocycles. The summed E-state index contributed by atoms with van der Waals surface area (Å²) >= 11 is 0. The van der Waals surface area contributed by atoms with Crippen LogP contribution in [-0.4, -0.2) is 72.8 Å². The van der Waals surface area contributed by atoms with E-state index in [0.29, 0.717) is 45.8 Å². The minimum Gasteiger partial charge on any atom is -0.495 e. The van der Waals surface area contributed by atoms with E-state index in [1.807, 2.05) is 0 Å². The van der Waals surface area contributed by atoms with Gasteiger partial charge in [0.15, 0.2) is 0 Å². The molecule has 0 aliphatic carbocycles. The van der Waals surface area contributed by atoms with Gasteiger partial charge >= 0.3 is 6.18 Å². The highest BCUT2D eigenvalue weighted by Crippen LogP contribution is 2.31. The minimum absolute atomic E-state index is 0.0748. The Morgan fingerprint density at radius 3 is 2.59 bits per heavy atom. The van der Waals surface area contributed by atoms with Crippen molar-refractivity contribution in [3.8, 4) is 17.6 Å². The van der Waals surface area contributed by atoms with Gasteiger partial charge in [0, 0.05) is 23.7 Å². The number of aromatic nitrogens is 1. The largest absolute Gasteiger partial charge is 0.495 e. The molecule has 0 radical (unpaired) electrons. The van der Waals surface area contributed by atoms with Crippen molar-refractivity contribution in [3.63, 3.8) is 0 Å². The third-order valence-electron chi connectivity index (χ3n) is 6.51. The Balaban J connectivity index is 1.55. The number of ether oxygens (including phenoxy) is 1. The Labute approximate surface area is 239 Å². The van der Waals surface area contributed by atoms with E-state index in [1.54, 1.807) is 42.5 Å². The summed E-state index contributed by atoms with van der Waals surface area (Å²) in [5.41, 5.74) is 1.74. The summed E-state index contributed by atoms with van der Waals surface area (Å²) in [6.45, 7) is -1.11. The lowest BCUT2D eigenvalue weighted by molar-refractivity contribution is -0.140. The lowest BCUT2D eigenvalue weighted by atomic mass is 10.1. The summed E-state index contributed by atoms with van der Waals surface area (Å²) in [5.74, 6) is 6.27. The molecule has 41 heavy (non-hydrogen) atoms. The molecule has 4 N–H and O–H groups in total. The van der Waals surface area contributed by atoms with Gasteiger partial charge in [-0.2, -0.15) is 13.2 Å². The van der Waals surface area contributed by atoms with Gasteiger partial charge in [0.25, 0.3) is 0 Å². The molecule has 1 aliphatic rings. The Morgan fingerprint density at radius 2 is 1.90 bits per heavy atom. The van der Waals surface area contributed by atoms with Crippen LogP contribution in [0.2, 0.25) is 0 Å². The van der Waals surface area contributed by atoms with E-state index in [9.17, 15) is 25.8 Å². The van der Waals surface area contributed by atoms with Crippen LogP contribution in [0.25, 0.3) is 10.9 Å². The van der Waals surface area contributed by atoms with Gasteiger partial charge in [-0.25, -0.2) is 17.3 Å². The number of hydrogen-bond acceptors (Lipinski definition) is 7. The van der Waals surface area contributed by atoms with Crippen molar-refractivity contribution in [1.29, 1.82) is 0 Å². The summed E-state index contributed by atoms with van der Waals surface area (Å²) in [5, 5.41) is 15.9. The molecule has 2 aromatic carbocycles. The first kappa shape index (κ1) is 30.7. The van der Waals surface area contributed by atoms with Crippen LogP contribution < -0.4 is 20.1 Å². The number of aliphatic hydroxyl groups is 1. The van der Waals surface area contributed by atoms with Crippen LogP contribution in [0.3, 0.4) is 0 Å². The highest BCUT2D eigenvalue weighted by molar-refractivity contribution is 7.91. The Morgan fingerprint density at radius 1 is 1.15 bits per heavy atom. The number of benzene rings is 2. The molecule has 1 aliphatic heterocycles. The van der Waals surface area contributed by atoms with Crippen molar-refractivity contribution < 1.29 is 35.6 Å². The minimum atomic E-state index is -4.47. The lowest BCUT2D eigenvalue weighted by Gasteiger charge is -2.24. The average Bonchev–Trinajstić information content (AvgIpc) is 3.27. The van der Waals surface area contributed by atoms with E-state index in [-0.39, 0.29) is 42.9 Å². The number of fused-ring (bicyclic) bond motifs is 1. The summed E-state index contributed by atoms with van der Waals surface area (Å²) < 4.78 is 85.5. The van der Waals surface area contributed by atoms with Crippen LogP contribution >= 0.6 is 0 Å². The van der Waals surface area contributed by atoms with Crippen molar-refractivity contribution in [3.05, 3.63) is 48.2 Å². The zero-order valence-electron chi connectivity index (χ0n) is 22.3. The molecule has 222 valence electrons. The van der Waals surface area contributed by atoms with E-state index in [2.05, 4.69) is 27.2 Å². The molecule has 0 saturated carbocycles. The number of rotatable bonds is 10. The number of sulfone groups is 1. The van der Waals surface area contributed by atoms with E-state index in [0.717, 1.165) is 4.57 Å². The number of halogens is 3. The Kier molecular flexibility index (Phi) is 9.85. The predicted octanol–water partition coefficient (Wildman–Crippen LogP) is 3.27. The van der Waals surface area contributed by atoms with Crippen molar-refractivity contribution in [2.45, 2.75) is 36.5 Å². The molecule has 4 rings (SSSR count). The highest BCUT2D eigenvalue weighted by atomic mass is 32.2. The first-order valence-electron chi connectivity index (χ1n) is 12.8. The molecule has 1 unspecified atom stereocenters. The van der Waals surface area contributed by atoms with E-state index in [4.69, 9.17) is 9.84 Å². The maximum Gasteiger partial charge on any atom is 0.406 e. The number of nitrogens with one attached hydrogen (secondary N) is 3. The fourth-order valence-corrected chi connectivity index (χ4v) is 6.89. The van der Waals surface area contributed by atoms with Crippen molar-refractivity contribution in [1.82, 2.24) is 9.29 Å². The number of nitrogens with zero attached hydrogens (tertiary/aromatic N) is 1. The van der Waals surface area contributed by atoms with Crippen LogP contribution in [-0.2, 0) is 27.4 Å². The second-order valence-corrected chi connectivity index (χ2v) is 13.0. The zero-order valence-corrected chi connectivity index (χ0v) is 23.9. The van der Waals surface area contributed by atoms with Gasteiger partial charge in [0.1, 0.15) is 33.1 Å². The molecule has 1 saturated heterocycles. The average molecular weight is 613 g/mol. The fraction of sp³-hybridized carbons (Fsp3) is 0.407. The molecular formula is C27H31F3N4O5S2. The first-order valence-corrected chi connectivity index (χ1v) is 15.8. The molecule has 9 nitrogen and oxygen atoms in total. The van der Waals surface area contributed by atoms with Crippen LogP contribution in [0.15, 0.2) is 47.4 Å². The first-order chi connectivity index (χ1) is 19.5. The quantitative estimate of drug-likeness (QED) is 0.260. The van der Waals surface area contributed by atoms with Gasteiger partial charge in [0.05, 0.1) is 53.6 Å². The molecule has 1 fully saturated rings. The molecule has 0 spiro atoms. The maximum absolute atomic E-state index is 13.5. The number of hydrogen-bond donors (Lipinski definition) is 4. The summed E-state index contributed by atoms with van der Waals surface area (Å²) in [7, 11) is -3.13. The fourth-order valence-electron chi connectivity index (χ4n) is 4.55. The molecule has 14 heteroatoms. The van der Waals surface area contributed by atoms with Gasteiger partial charge in [0.2, 0.25) is 0 Å². The second kappa shape index (κ2) is 13.2. The second-order valence-electron chi connectivity index (χ2n) is 9.44. The van der Waals surface area contributed by atoms with Crippen molar-refractivity contribution >= 4 is 43.1 Å². The molecule has 0 amide bonds. The summed E-state index contributed by atoms with van der Waals surface area (Å²) in [4.78, 5) is 0.447. The lowest BCUT2D eigenvalue weighted by Crippen LogP contribution is -2.32. The molecule has 1 atom stereocenters. The predicted molar refractivity (Wildman–Crippen MR) is 153 cm³/mol. The number of alkyl halides is 3. The monoisotopic (exact) mass is 612 g/mol. The van der Waals surface area contributed by atoms with Crippen LogP contribution in [0, 0.1) is 11.8 Å². The molecule has 2 heterocycles. The normalized spacial score (nSPS) is 16.1. The van der Waals surface area contributed by atoms with Crippen LogP contribution in [0.1, 0.15) is 18.5 Å². The smallest absolute Gasteiger partial charge is 0.406 e. The van der Waals surface area contributed by atoms with Gasteiger partial charge in [-0.05, 0) is 55.2 Å². The maximum atomic E-state index is 13.5. The third-order valence-corrected chi connectivity index (χ3v) is 9.38. The number of methoxy groups -OCH3 is 1. The Hall–Kier alpha value is -3.25. The molecule has 0 bridgehead atoms. The van der Waals surface area contributed by atoms with Crippen molar-refractivity contribution in [2.24, 2.45) is 0 Å². The topological polar surface area (TPSA) is 122 Å². The van der Waals surface area contributed by atoms with Gasteiger partial charge in [-0.1, -0.05) is 12.0 Å². The van der Waals surface area contributed by atoms with Gasteiger partial charge in [-0.15, -0.1) is 0 Å². The van der Waals surface area contributed by atoms with Crippen LogP contribution in [0.5, 0.6) is 5.75 Å². The van der Waals surface area contributed by atoms with E-state index >= 15 is 0 Å². The van der Waals surface area contributed by atoms with Gasteiger partial charge in [-0.3, -0.25) is 0 Å². The zero-order chi connectivity index (χ0) is 29.6. The van der Waals surface area contributed by atoms with E-state index < -0.39 is 33.5 Å².